The minimum absolute atomic E-state index is 0.816. The quantitative estimate of drug-likeness (QED) is 0.515. The molecule has 0 amide bonds. The van der Waals surface area contributed by atoms with Crippen molar-refractivity contribution in [1.29, 1.82) is 0 Å². The fraction of sp³-hybridized carbons (Fsp3) is 0.733. The van der Waals surface area contributed by atoms with Gasteiger partial charge in [-0.25, -0.2) is 0 Å². The smallest absolute Gasteiger partial charge is 0.117 e. The van der Waals surface area contributed by atoms with Crippen LogP contribution in [0, 0.1) is 0 Å². The van der Waals surface area contributed by atoms with E-state index in [1.54, 1.807) is 0 Å². The Morgan fingerprint density at radius 3 is 2.35 bits per heavy atom. The van der Waals surface area contributed by atoms with Crippen LogP contribution < -0.4 is 0 Å². The van der Waals surface area contributed by atoms with Crippen LogP contribution >= 0.6 is 0 Å². The Balaban J connectivity index is 2.28. The average molecular weight is 237 g/mol. The Morgan fingerprint density at radius 1 is 1.12 bits per heavy atom. The van der Waals surface area contributed by atoms with Gasteiger partial charge in [-0.05, 0) is 57.8 Å². The van der Waals surface area contributed by atoms with Crippen LogP contribution in [0.15, 0.2) is 23.5 Å². The van der Waals surface area contributed by atoms with E-state index < -0.39 is 0 Å². The molecule has 1 heterocycles. The third-order valence-corrected chi connectivity index (χ3v) is 3.42. The van der Waals surface area contributed by atoms with Gasteiger partial charge in [-0.1, -0.05) is 19.4 Å². The molecular weight excluding hydrogens is 210 g/mol. The Kier molecular flexibility index (Phi) is 7.02. The first kappa shape index (κ1) is 14.3. The van der Waals surface area contributed by atoms with Crippen molar-refractivity contribution in [2.75, 3.05) is 26.2 Å². The molecule has 0 aliphatic carbocycles. The Bertz CT molecular complexity index is 262. The first-order valence-electron chi connectivity index (χ1n) is 6.98. The number of nitrogens with zero attached hydrogens (tertiary/aromatic N) is 1. The third-order valence-electron chi connectivity index (χ3n) is 3.42. The molecular formula is C15H27NO. The second kappa shape index (κ2) is 8.35. The van der Waals surface area contributed by atoms with E-state index in [4.69, 9.17) is 4.74 Å². The molecule has 0 aromatic rings. The molecule has 0 bridgehead atoms. The van der Waals surface area contributed by atoms with E-state index in [-0.39, 0.29) is 0 Å². The maximum atomic E-state index is 5.89. The molecule has 1 aliphatic rings. The largest absolute Gasteiger partial charge is 0.492 e. The topological polar surface area (TPSA) is 12.5 Å². The second-order valence-corrected chi connectivity index (χ2v) is 4.57. The monoisotopic (exact) mass is 237 g/mol. The summed E-state index contributed by atoms with van der Waals surface area (Å²) in [5.41, 5.74) is 1.31. The lowest BCUT2D eigenvalue weighted by atomic mass is 10.1. The Labute approximate surface area is 106 Å². The van der Waals surface area contributed by atoms with Crippen LogP contribution in [0.4, 0.5) is 0 Å². The minimum atomic E-state index is 0.816. The summed E-state index contributed by atoms with van der Waals surface area (Å²) in [7, 11) is 0. The molecule has 0 spiro atoms. The highest BCUT2D eigenvalue weighted by Crippen LogP contribution is 2.15. The predicted molar refractivity (Wildman–Crippen MR) is 74.0 cm³/mol. The molecule has 0 atom stereocenters. The number of hydrogen-bond donors (Lipinski definition) is 0. The zero-order valence-corrected chi connectivity index (χ0v) is 11.7. The molecule has 98 valence electrons. The van der Waals surface area contributed by atoms with Crippen molar-refractivity contribution in [2.24, 2.45) is 0 Å². The van der Waals surface area contributed by atoms with Gasteiger partial charge in [-0.3, -0.25) is 4.90 Å². The summed E-state index contributed by atoms with van der Waals surface area (Å²) < 4.78 is 5.89. The van der Waals surface area contributed by atoms with Gasteiger partial charge in [-0.2, -0.15) is 0 Å². The lowest BCUT2D eigenvalue weighted by molar-refractivity contribution is 0.146. The van der Waals surface area contributed by atoms with Crippen LogP contribution in [0.3, 0.4) is 0 Å². The Morgan fingerprint density at radius 2 is 1.82 bits per heavy atom. The van der Waals surface area contributed by atoms with Crippen molar-refractivity contribution < 1.29 is 4.74 Å². The number of rotatable bonds is 6. The highest BCUT2D eigenvalue weighted by molar-refractivity contribution is 5.24. The van der Waals surface area contributed by atoms with Crippen molar-refractivity contribution >= 4 is 0 Å². The van der Waals surface area contributed by atoms with Crippen molar-refractivity contribution in [1.82, 2.24) is 4.90 Å². The Hall–Kier alpha value is -0.760. The van der Waals surface area contributed by atoms with Gasteiger partial charge in [0.15, 0.2) is 0 Å². The number of piperidine rings is 1. The normalized spacial score (nSPS) is 19.5. The van der Waals surface area contributed by atoms with E-state index in [1.165, 1.54) is 37.9 Å². The number of ether oxygens (including phenoxy) is 1. The predicted octanol–water partition coefficient (Wildman–Crippen LogP) is 3.75. The van der Waals surface area contributed by atoms with Gasteiger partial charge < -0.3 is 4.74 Å². The molecule has 1 fully saturated rings. The molecule has 0 aromatic carbocycles. The maximum absolute atomic E-state index is 5.89. The van der Waals surface area contributed by atoms with E-state index >= 15 is 0 Å². The molecule has 0 N–H and O–H groups in total. The zero-order valence-electron chi connectivity index (χ0n) is 11.7. The summed E-state index contributed by atoms with van der Waals surface area (Å²) in [5, 5.41) is 0. The summed E-state index contributed by atoms with van der Waals surface area (Å²) in [4.78, 5) is 2.51. The van der Waals surface area contributed by atoms with E-state index in [9.17, 15) is 0 Å². The molecule has 2 nitrogen and oxygen atoms in total. The van der Waals surface area contributed by atoms with Crippen molar-refractivity contribution in [3.8, 4) is 0 Å². The zero-order chi connectivity index (χ0) is 12.5. The molecule has 0 aromatic heterocycles. The van der Waals surface area contributed by atoms with E-state index in [2.05, 4.69) is 37.8 Å². The van der Waals surface area contributed by atoms with Gasteiger partial charge in [0.05, 0.1) is 0 Å². The highest BCUT2D eigenvalue weighted by Gasteiger charge is 2.10. The number of allylic oxidation sites excluding steroid dienone is 3. The molecule has 1 rings (SSSR count). The molecule has 17 heavy (non-hydrogen) atoms. The lowest BCUT2D eigenvalue weighted by Gasteiger charge is -2.26. The first-order valence-corrected chi connectivity index (χ1v) is 6.98. The highest BCUT2D eigenvalue weighted by atomic mass is 16.5. The van der Waals surface area contributed by atoms with Crippen molar-refractivity contribution in [3.63, 3.8) is 0 Å². The summed E-state index contributed by atoms with van der Waals surface area (Å²) in [5.74, 6) is 1.06. The third kappa shape index (κ3) is 4.95. The lowest BCUT2D eigenvalue weighted by Crippen LogP contribution is -2.32. The van der Waals surface area contributed by atoms with E-state index in [0.717, 1.165) is 25.3 Å². The number of likely N-dealkylation sites (tertiary alicyclic amines) is 1. The summed E-state index contributed by atoms with van der Waals surface area (Å²) in [6, 6.07) is 0. The van der Waals surface area contributed by atoms with Crippen LogP contribution in [0.25, 0.3) is 0 Å². The molecule has 1 aliphatic heterocycles. The molecule has 1 saturated heterocycles. The van der Waals surface area contributed by atoms with Crippen LogP contribution in [-0.4, -0.2) is 31.1 Å². The average Bonchev–Trinajstić information content (AvgIpc) is 2.39. The van der Waals surface area contributed by atoms with Gasteiger partial charge in [0.2, 0.25) is 0 Å². The van der Waals surface area contributed by atoms with E-state index in [0.29, 0.717) is 0 Å². The van der Waals surface area contributed by atoms with Gasteiger partial charge in [-0.15, -0.1) is 0 Å². The van der Waals surface area contributed by atoms with Crippen LogP contribution in [0.2, 0.25) is 0 Å². The van der Waals surface area contributed by atoms with Crippen molar-refractivity contribution in [3.05, 3.63) is 23.5 Å². The SMILES string of the molecule is CC=C(CC)C(=CC)OCCN1CCCCC1. The summed E-state index contributed by atoms with van der Waals surface area (Å²) in [6.07, 6.45) is 9.37. The molecule has 0 saturated carbocycles. The van der Waals surface area contributed by atoms with Gasteiger partial charge >= 0.3 is 0 Å². The van der Waals surface area contributed by atoms with Gasteiger partial charge in [0.25, 0.3) is 0 Å². The molecule has 2 heteroatoms. The summed E-state index contributed by atoms with van der Waals surface area (Å²) >= 11 is 0. The fourth-order valence-corrected chi connectivity index (χ4v) is 2.35. The number of hydrogen-bond acceptors (Lipinski definition) is 2. The maximum Gasteiger partial charge on any atom is 0.117 e. The minimum Gasteiger partial charge on any atom is -0.492 e. The van der Waals surface area contributed by atoms with Gasteiger partial charge in [0, 0.05) is 6.54 Å². The van der Waals surface area contributed by atoms with Crippen LogP contribution in [0.5, 0.6) is 0 Å². The van der Waals surface area contributed by atoms with Crippen LogP contribution in [0.1, 0.15) is 46.5 Å². The standard InChI is InChI=1S/C15H27NO/c1-4-14(5-2)15(6-3)17-13-12-16-10-8-7-9-11-16/h4,6H,5,7-13H2,1-3H3. The second-order valence-electron chi connectivity index (χ2n) is 4.57. The summed E-state index contributed by atoms with van der Waals surface area (Å²) in [6.45, 7) is 10.7. The molecule has 0 unspecified atom stereocenters. The van der Waals surface area contributed by atoms with E-state index in [1.807, 2.05) is 0 Å². The molecule has 0 radical (unpaired) electrons. The first-order chi connectivity index (χ1) is 8.31. The fourth-order valence-electron chi connectivity index (χ4n) is 2.35. The van der Waals surface area contributed by atoms with Crippen LogP contribution in [-0.2, 0) is 4.74 Å². The van der Waals surface area contributed by atoms with Gasteiger partial charge in [0.1, 0.15) is 12.4 Å². The van der Waals surface area contributed by atoms with Crippen molar-refractivity contribution in [2.45, 2.75) is 46.5 Å².